The number of hydrogen-bond donors (Lipinski definition) is 2. The van der Waals surface area contributed by atoms with E-state index in [0.29, 0.717) is 11.5 Å². The molecule has 0 aromatic carbocycles. The molecule has 0 aliphatic heterocycles. The van der Waals surface area contributed by atoms with E-state index in [1.165, 1.54) is 0 Å². The van der Waals surface area contributed by atoms with E-state index >= 15 is 0 Å². The first-order valence-electron chi connectivity index (χ1n) is 4.69. The van der Waals surface area contributed by atoms with Gasteiger partial charge in [0.1, 0.15) is 5.84 Å². The second-order valence-electron chi connectivity index (χ2n) is 3.04. The molecule has 0 radical (unpaired) electrons. The molecular formula is C11H19N3. The molecule has 0 saturated carbocycles. The molecule has 0 spiro atoms. The molecule has 0 heterocycles. The molecule has 3 nitrogen and oxygen atoms in total. The second kappa shape index (κ2) is 6.95. The number of allylic oxidation sites excluding steroid dienone is 3. The average molecular weight is 193 g/mol. The van der Waals surface area contributed by atoms with Crippen molar-refractivity contribution in [3.05, 3.63) is 36.2 Å². The molecule has 0 aliphatic carbocycles. The van der Waals surface area contributed by atoms with Gasteiger partial charge in [-0.1, -0.05) is 26.0 Å². The van der Waals surface area contributed by atoms with Crippen LogP contribution in [-0.2, 0) is 0 Å². The first-order valence-corrected chi connectivity index (χ1v) is 4.69. The van der Waals surface area contributed by atoms with Gasteiger partial charge in [-0.2, -0.15) is 0 Å². The third-order valence-corrected chi connectivity index (χ3v) is 1.80. The summed E-state index contributed by atoms with van der Waals surface area (Å²) >= 11 is 0. The summed E-state index contributed by atoms with van der Waals surface area (Å²) in [5, 5.41) is 0. The number of hydrogen-bond acceptors (Lipinski definition) is 2. The molecule has 0 aliphatic rings. The van der Waals surface area contributed by atoms with E-state index in [9.17, 15) is 0 Å². The predicted octanol–water partition coefficient (Wildman–Crippen LogP) is 2.08. The predicted molar refractivity (Wildman–Crippen MR) is 62.8 cm³/mol. The molecule has 78 valence electrons. The molecule has 0 saturated heterocycles. The van der Waals surface area contributed by atoms with Crippen molar-refractivity contribution in [2.45, 2.75) is 26.7 Å². The maximum atomic E-state index is 5.79. The fourth-order valence-corrected chi connectivity index (χ4v) is 0.982. The first-order chi connectivity index (χ1) is 6.63. The van der Waals surface area contributed by atoms with Gasteiger partial charge in [-0.05, 0) is 25.0 Å². The lowest BCUT2D eigenvalue weighted by Crippen LogP contribution is -2.22. The highest BCUT2D eigenvalue weighted by molar-refractivity contribution is 5.97. The summed E-state index contributed by atoms with van der Waals surface area (Å²) in [5.74, 6) is 0.369. The van der Waals surface area contributed by atoms with Crippen molar-refractivity contribution < 1.29 is 0 Å². The Morgan fingerprint density at radius 2 is 2.07 bits per heavy atom. The fraction of sp³-hybridized carbons (Fsp3) is 0.364. The van der Waals surface area contributed by atoms with Crippen LogP contribution in [0.5, 0.6) is 0 Å². The van der Waals surface area contributed by atoms with Crippen molar-refractivity contribution in [1.29, 1.82) is 0 Å². The lowest BCUT2D eigenvalue weighted by Gasteiger charge is -2.04. The summed E-state index contributed by atoms with van der Waals surface area (Å²) < 4.78 is 0. The lowest BCUT2D eigenvalue weighted by atomic mass is 10.1. The zero-order valence-corrected chi connectivity index (χ0v) is 8.96. The Kier molecular flexibility index (Phi) is 6.20. The molecule has 0 aromatic heterocycles. The van der Waals surface area contributed by atoms with Gasteiger partial charge in [0, 0.05) is 6.20 Å². The first kappa shape index (κ1) is 12.5. The van der Waals surface area contributed by atoms with Crippen molar-refractivity contribution in [3.8, 4) is 0 Å². The van der Waals surface area contributed by atoms with Crippen LogP contribution in [0.1, 0.15) is 26.7 Å². The summed E-state index contributed by atoms with van der Waals surface area (Å²) in [7, 11) is 0. The van der Waals surface area contributed by atoms with Crippen molar-refractivity contribution in [2.24, 2.45) is 16.5 Å². The van der Waals surface area contributed by atoms with E-state index in [2.05, 4.69) is 18.5 Å². The smallest absolute Gasteiger partial charge is 0.146 e. The van der Waals surface area contributed by atoms with Gasteiger partial charge in [0.2, 0.25) is 0 Å². The minimum Gasteiger partial charge on any atom is -0.396 e. The van der Waals surface area contributed by atoms with Crippen molar-refractivity contribution in [3.63, 3.8) is 0 Å². The second-order valence-corrected chi connectivity index (χ2v) is 3.04. The fourth-order valence-electron chi connectivity index (χ4n) is 0.982. The van der Waals surface area contributed by atoms with Gasteiger partial charge in [-0.15, -0.1) is 0 Å². The standard InChI is InChI=1S/C11H19N3/c1-4-6-8-14-11(13)10(12)9(3)7-5-2/h4,6,8H,1,5,7,12H2,2-3H3,(H2,13,14)/b8-6+,10-9-. The van der Waals surface area contributed by atoms with Crippen LogP contribution in [-0.4, -0.2) is 5.84 Å². The Bertz CT molecular complexity index is 272. The minimum absolute atomic E-state index is 0.369. The van der Waals surface area contributed by atoms with Crippen LogP contribution in [0.25, 0.3) is 0 Å². The largest absolute Gasteiger partial charge is 0.396 e. The summed E-state index contributed by atoms with van der Waals surface area (Å²) in [4.78, 5) is 3.98. The Morgan fingerprint density at radius 3 is 2.57 bits per heavy atom. The highest BCUT2D eigenvalue weighted by atomic mass is 14.9. The van der Waals surface area contributed by atoms with Gasteiger partial charge in [0.05, 0.1) is 5.70 Å². The number of aliphatic imine (C=N–C) groups is 1. The van der Waals surface area contributed by atoms with Crippen molar-refractivity contribution in [1.82, 2.24) is 0 Å². The van der Waals surface area contributed by atoms with Crippen LogP contribution in [0.4, 0.5) is 0 Å². The Balaban J connectivity index is 4.58. The zero-order chi connectivity index (χ0) is 11.0. The van der Waals surface area contributed by atoms with E-state index in [4.69, 9.17) is 11.5 Å². The lowest BCUT2D eigenvalue weighted by molar-refractivity contribution is 0.895. The van der Waals surface area contributed by atoms with Crippen LogP contribution >= 0.6 is 0 Å². The third kappa shape index (κ3) is 4.50. The van der Waals surface area contributed by atoms with Gasteiger partial charge < -0.3 is 11.5 Å². The number of amidine groups is 1. The topological polar surface area (TPSA) is 64.4 Å². The van der Waals surface area contributed by atoms with Gasteiger partial charge in [-0.3, -0.25) is 0 Å². The van der Waals surface area contributed by atoms with E-state index in [0.717, 1.165) is 18.4 Å². The van der Waals surface area contributed by atoms with Crippen LogP contribution < -0.4 is 11.5 Å². The van der Waals surface area contributed by atoms with Gasteiger partial charge in [0.15, 0.2) is 0 Å². The molecule has 0 atom stereocenters. The Morgan fingerprint density at radius 1 is 1.43 bits per heavy atom. The van der Waals surface area contributed by atoms with E-state index in [1.54, 1.807) is 18.4 Å². The molecule has 14 heavy (non-hydrogen) atoms. The van der Waals surface area contributed by atoms with Crippen molar-refractivity contribution in [2.75, 3.05) is 0 Å². The zero-order valence-electron chi connectivity index (χ0n) is 8.96. The Labute approximate surface area is 85.9 Å². The molecule has 0 rings (SSSR count). The summed E-state index contributed by atoms with van der Waals surface area (Å²) in [6, 6.07) is 0. The molecule has 0 fully saturated rings. The monoisotopic (exact) mass is 193 g/mol. The summed E-state index contributed by atoms with van der Waals surface area (Å²) in [6.45, 7) is 7.60. The molecule has 0 aromatic rings. The van der Waals surface area contributed by atoms with Crippen LogP contribution in [0.2, 0.25) is 0 Å². The number of nitrogens with two attached hydrogens (primary N) is 2. The highest BCUT2D eigenvalue weighted by Gasteiger charge is 2.00. The molecule has 0 bridgehead atoms. The van der Waals surface area contributed by atoms with Gasteiger partial charge in [0.25, 0.3) is 0 Å². The molecule has 0 amide bonds. The van der Waals surface area contributed by atoms with Crippen LogP contribution in [0.15, 0.2) is 41.2 Å². The van der Waals surface area contributed by atoms with Crippen LogP contribution in [0, 0.1) is 0 Å². The Hall–Kier alpha value is -1.51. The molecular weight excluding hydrogens is 174 g/mol. The van der Waals surface area contributed by atoms with E-state index in [1.807, 2.05) is 6.92 Å². The third-order valence-electron chi connectivity index (χ3n) is 1.80. The maximum Gasteiger partial charge on any atom is 0.146 e. The molecule has 3 heteroatoms. The van der Waals surface area contributed by atoms with Gasteiger partial charge in [-0.25, -0.2) is 4.99 Å². The van der Waals surface area contributed by atoms with Crippen LogP contribution in [0.3, 0.4) is 0 Å². The number of nitrogens with zero attached hydrogens (tertiary/aromatic N) is 1. The van der Waals surface area contributed by atoms with Gasteiger partial charge >= 0.3 is 0 Å². The normalized spacial score (nSPS) is 14.3. The molecule has 4 N–H and O–H groups in total. The highest BCUT2D eigenvalue weighted by Crippen LogP contribution is 2.06. The number of rotatable bonds is 5. The SMILES string of the molecule is C=C/C=C/N=C(N)/C(N)=C(\C)CCC. The van der Waals surface area contributed by atoms with E-state index in [-0.39, 0.29) is 0 Å². The summed E-state index contributed by atoms with van der Waals surface area (Å²) in [6.07, 6.45) is 6.93. The molecule has 0 unspecified atom stereocenters. The van der Waals surface area contributed by atoms with E-state index < -0.39 is 0 Å². The minimum atomic E-state index is 0.369. The van der Waals surface area contributed by atoms with Crippen molar-refractivity contribution >= 4 is 5.84 Å². The average Bonchev–Trinajstić information content (AvgIpc) is 2.17. The quantitative estimate of drug-likeness (QED) is 0.399. The summed E-state index contributed by atoms with van der Waals surface area (Å²) in [5.41, 5.74) is 13.1. The maximum absolute atomic E-state index is 5.79.